The van der Waals surface area contributed by atoms with Crippen LogP contribution in [0.25, 0.3) is 0 Å². The molecule has 0 aliphatic heterocycles. The molecule has 0 aliphatic carbocycles. The van der Waals surface area contributed by atoms with Crippen molar-refractivity contribution >= 4 is 40.5 Å². The molecule has 0 heterocycles. The minimum absolute atomic E-state index is 0.0861. The topological polar surface area (TPSA) is 84.6 Å². The van der Waals surface area contributed by atoms with Gasteiger partial charge in [0.25, 0.3) is 11.6 Å². The summed E-state index contributed by atoms with van der Waals surface area (Å²) in [4.78, 5) is 22.0. The number of nitrogens with zero attached hydrogens (tertiary/aromatic N) is 2. The molecule has 8 heteroatoms. The molecular formula is C15H11Cl2N3O3. The van der Waals surface area contributed by atoms with Gasteiger partial charge in [-0.3, -0.25) is 14.9 Å². The van der Waals surface area contributed by atoms with Crippen molar-refractivity contribution in [2.45, 2.75) is 6.92 Å². The fourth-order valence-electron chi connectivity index (χ4n) is 1.72. The van der Waals surface area contributed by atoms with Crippen molar-refractivity contribution in [1.29, 1.82) is 0 Å². The van der Waals surface area contributed by atoms with Crippen LogP contribution >= 0.6 is 23.2 Å². The van der Waals surface area contributed by atoms with E-state index in [4.69, 9.17) is 23.2 Å². The Kier molecular flexibility index (Phi) is 5.31. The fraction of sp³-hybridized carbons (Fsp3) is 0.0667. The molecule has 0 aliphatic rings. The number of benzene rings is 2. The number of hydrogen-bond donors (Lipinski definition) is 1. The van der Waals surface area contributed by atoms with Crippen molar-refractivity contribution in [2.75, 3.05) is 0 Å². The molecule has 0 atom stereocenters. The van der Waals surface area contributed by atoms with Gasteiger partial charge in [-0.25, -0.2) is 5.43 Å². The number of carbonyl (C=O) groups excluding carboxylic acids is 1. The molecule has 0 unspecified atom stereocenters. The number of rotatable bonds is 4. The SMILES string of the molecule is C/C(=N/NC(=O)c1ccc([N+](=O)[O-])cc1)c1ccc(Cl)c(Cl)c1. The first-order valence-electron chi connectivity index (χ1n) is 6.43. The summed E-state index contributed by atoms with van der Waals surface area (Å²) in [5.74, 6) is -0.473. The lowest BCUT2D eigenvalue weighted by Gasteiger charge is -2.04. The second-order valence-corrected chi connectivity index (χ2v) is 5.39. The predicted octanol–water partition coefficient (Wildman–Crippen LogP) is 4.06. The number of non-ortho nitro benzene ring substituents is 1. The second-order valence-electron chi connectivity index (χ2n) is 4.57. The normalized spacial score (nSPS) is 11.2. The Bertz CT molecular complexity index is 789. The molecule has 118 valence electrons. The lowest BCUT2D eigenvalue weighted by Crippen LogP contribution is -2.19. The zero-order valence-corrected chi connectivity index (χ0v) is 13.4. The van der Waals surface area contributed by atoms with Gasteiger partial charge in [0.2, 0.25) is 0 Å². The first-order valence-corrected chi connectivity index (χ1v) is 7.18. The standard InChI is InChI=1S/C15H11Cl2N3O3/c1-9(11-4-7-13(16)14(17)8-11)18-19-15(21)10-2-5-12(6-3-10)20(22)23/h2-8H,1H3,(H,19,21)/b18-9-. The highest BCUT2D eigenvalue weighted by Gasteiger charge is 2.09. The van der Waals surface area contributed by atoms with Crippen LogP contribution in [-0.4, -0.2) is 16.5 Å². The van der Waals surface area contributed by atoms with Gasteiger partial charge in [-0.15, -0.1) is 0 Å². The summed E-state index contributed by atoms with van der Waals surface area (Å²) in [6, 6.07) is 10.2. The third-order valence-electron chi connectivity index (χ3n) is 3.00. The maximum Gasteiger partial charge on any atom is 0.271 e. The highest BCUT2D eigenvalue weighted by atomic mass is 35.5. The van der Waals surface area contributed by atoms with Crippen LogP contribution in [0.1, 0.15) is 22.8 Å². The molecule has 0 fully saturated rings. The third-order valence-corrected chi connectivity index (χ3v) is 3.74. The van der Waals surface area contributed by atoms with Crippen molar-refractivity contribution in [2.24, 2.45) is 5.10 Å². The van der Waals surface area contributed by atoms with E-state index in [0.717, 1.165) is 0 Å². The van der Waals surface area contributed by atoms with Crippen LogP contribution in [0.15, 0.2) is 47.6 Å². The summed E-state index contributed by atoms with van der Waals surface area (Å²) in [6.07, 6.45) is 0. The van der Waals surface area contributed by atoms with Crippen molar-refractivity contribution in [3.63, 3.8) is 0 Å². The number of nitrogens with one attached hydrogen (secondary N) is 1. The number of carbonyl (C=O) groups is 1. The van der Waals surface area contributed by atoms with Crippen LogP contribution in [0, 0.1) is 10.1 Å². The van der Waals surface area contributed by atoms with E-state index in [1.54, 1.807) is 25.1 Å². The van der Waals surface area contributed by atoms with Crippen molar-refractivity contribution < 1.29 is 9.72 Å². The Morgan fingerprint density at radius 2 is 1.70 bits per heavy atom. The molecule has 1 amide bonds. The van der Waals surface area contributed by atoms with E-state index in [9.17, 15) is 14.9 Å². The number of halogens is 2. The first kappa shape index (κ1) is 16.9. The van der Waals surface area contributed by atoms with Crippen LogP contribution in [0.4, 0.5) is 5.69 Å². The van der Waals surface area contributed by atoms with E-state index in [1.807, 2.05) is 0 Å². The third kappa shape index (κ3) is 4.28. The van der Waals surface area contributed by atoms with Crippen molar-refractivity contribution in [1.82, 2.24) is 5.43 Å². The van der Waals surface area contributed by atoms with E-state index < -0.39 is 10.8 Å². The molecule has 0 saturated heterocycles. The van der Waals surface area contributed by atoms with E-state index in [0.29, 0.717) is 21.3 Å². The van der Waals surface area contributed by atoms with Gasteiger partial charge >= 0.3 is 0 Å². The van der Waals surface area contributed by atoms with E-state index in [-0.39, 0.29) is 11.3 Å². The Balaban J connectivity index is 2.10. The molecule has 2 aromatic carbocycles. The van der Waals surface area contributed by atoms with Gasteiger partial charge < -0.3 is 0 Å². The molecule has 0 radical (unpaired) electrons. The molecule has 0 bridgehead atoms. The van der Waals surface area contributed by atoms with Gasteiger partial charge in [0.15, 0.2) is 0 Å². The maximum atomic E-state index is 11.9. The van der Waals surface area contributed by atoms with Crippen molar-refractivity contribution in [3.8, 4) is 0 Å². The predicted molar refractivity (Wildman–Crippen MR) is 89.2 cm³/mol. The molecular weight excluding hydrogens is 341 g/mol. The fourth-order valence-corrected chi connectivity index (χ4v) is 2.02. The zero-order valence-electron chi connectivity index (χ0n) is 11.9. The highest BCUT2D eigenvalue weighted by molar-refractivity contribution is 6.42. The lowest BCUT2D eigenvalue weighted by molar-refractivity contribution is -0.384. The highest BCUT2D eigenvalue weighted by Crippen LogP contribution is 2.22. The van der Waals surface area contributed by atoms with Gasteiger partial charge in [-0.1, -0.05) is 29.3 Å². The van der Waals surface area contributed by atoms with E-state index in [1.165, 1.54) is 24.3 Å². The van der Waals surface area contributed by atoms with Crippen LogP contribution in [0.2, 0.25) is 10.0 Å². The lowest BCUT2D eigenvalue weighted by atomic mass is 10.1. The maximum absolute atomic E-state index is 11.9. The molecule has 0 spiro atoms. The number of nitro groups is 1. The molecule has 2 aromatic rings. The van der Waals surface area contributed by atoms with Crippen LogP contribution in [0.3, 0.4) is 0 Å². The Hall–Kier alpha value is -2.44. The minimum atomic E-state index is -0.533. The number of hydrogen-bond acceptors (Lipinski definition) is 4. The molecule has 1 N–H and O–H groups in total. The molecule has 0 aromatic heterocycles. The molecule has 6 nitrogen and oxygen atoms in total. The summed E-state index contributed by atoms with van der Waals surface area (Å²) in [5.41, 5.74) is 3.81. The van der Waals surface area contributed by atoms with Gasteiger partial charge in [0.05, 0.1) is 20.7 Å². The number of hydrazone groups is 1. The minimum Gasteiger partial charge on any atom is -0.267 e. The zero-order chi connectivity index (χ0) is 17.0. The van der Waals surface area contributed by atoms with Gasteiger partial charge in [-0.2, -0.15) is 5.10 Å². The van der Waals surface area contributed by atoms with Gasteiger partial charge in [-0.05, 0) is 36.8 Å². The average Bonchev–Trinajstić information content (AvgIpc) is 2.54. The van der Waals surface area contributed by atoms with E-state index >= 15 is 0 Å². The summed E-state index contributed by atoms with van der Waals surface area (Å²) < 4.78 is 0. The monoisotopic (exact) mass is 351 g/mol. The number of nitro benzene ring substituents is 1. The summed E-state index contributed by atoms with van der Waals surface area (Å²) in [5, 5.41) is 15.4. The molecule has 2 rings (SSSR count). The quantitative estimate of drug-likeness (QED) is 0.512. The summed E-state index contributed by atoms with van der Waals surface area (Å²) in [6.45, 7) is 1.70. The van der Waals surface area contributed by atoms with Crippen LogP contribution in [0.5, 0.6) is 0 Å². The second kappa shape index (κ2) is 7.21. The smallest absolute Gasteiger partial charge is 0.267 e. The number of amides is 1. The average molecular weight is 352 g/mol. The van der Waals surface area contributed by atoms with E-state index in [2.05, 4.69) is 10.5 Å². The summed E-state index contributed by atoms with van der Waals surface area (Å²) in [7, 11) is 0. The Labute approximate surface area is 141 Å². The van der Waals surface area contributed by atoms with Gasteiger partial charge in [0.1, 0.15) is 0 Å². The Morgan fingerprint density at radius 1 is 1.09 bits per heavy atom. The first-order chi connectivity index (χ1) is 10.9. The largest absolute Gasteiger partial charge is 0.271 e. The Morgan fingerprint density at radius 3 is 2.26 bits per heavy atom. The summed E-state index contributed by atoms with van der Waals surface area (Å²) >= 11 is 11.8. The van der Waals surface area contributed by atoms with Crippen molar-refractivity contribution in [3.05, 3.63) is 73.8 Å². The van der Waals surface area contributed by atoms with Crippen LogP contribution < -0.4 is 5.43 Å². The molecule has 0 saturated carbocycles. The molecule has 23 heavy (non-hydrogen) atoms. The van der Waals surface area contributed by atoms with Crippen LogP contribution in [-0.2, 0) is 0 Å². The van der Waals surface area contributed by atoms with Gasteiger partial charge in [0, 0.05) is 17.7 Å².